The van der Waals surface area contributed by atoms with Crippen LogP contribution in [0, 0.1) is 0 Å². The topological polar surface area (TPSA) is 119 Å². The lowest BCUT2D eigenvalue weighted by atomic mass is 10.2. The molecule has 0 aliphatic carbocycles. The second-order valence-electron chi connectivity index (χ2n) is 5.20. The molecule has 0 fully saturated rings. The second-order valence-corrected chi connectivity index (χ2v) is 5.20. The maximum Gasteiger partial charge on any atom is 0.239 e. The largest absolute Gasteiger partial charge is 0.494 e. The number of aryl methyl sites for hydroxylation is 1. The second kappa shape index (κ2) is 8.04. The highest BCUT2D eigenvalue weighted by Gasteiger charge is 2.12. The van der Waals surface area contributed by atoms with Gasteiger partial charge in [-0.25, -0.2) is 4.98 Å². The summed E-state index contributed by atoms with van der Waals surface area (Å²) in [6.07, 6.45) is 1.97. The molecule has 0 aliphatic heterocycles. The molecule has 0 aliphatic rings. The molecule has 2 N–H and O–H groups in total. The predicted octanol–water partition coefficient (Wildman–Crippen LogP) is 1.50. The van der Waals surface area contributed by atoms with Gasteiger partial charge in [-0.1, -0.05) is 17.3 Å². The van der Waals surface area contributed by atoms with Gasteiger partial charge in [0.15, 0.2) is 5.82 Å². The SMILES string of the molecule is CCOc1cccc(CNC(=O)CCc2nc(-c3ncn[nH]3)no2)c1. The lowest BCUT2D eigenvalue weighted by molar-refractivity contribution is -0.121. The molecule has 0 bridgehead atoms. The predicted molar refractivity (Wildman–Crippen MR) is 87.5 cm³/mol. The van der Waals surface area contributed by atoms with Crippen molar-refractivity contribution in [3.63, 3.8) is 0 Å². The van der Waals surface area contributed by atoms with Crippen molar-refractivity contribution in [2.75, 3.05) is 6.61 Å². The van der Waals surface area contributed by atoms with E-state index in [1.165, 1.54) is 6.33 Å². The molecule has 25 heavy (non-hydrogen) atoms. The summed E-state index contributed by atoms with van der Waals surface area (Å²) >= 11 is 0. The van der Waals surface area contributed by atoms with Gasteiger partial charge in [0.25, 0.3) is 0 Å². The van der Waals surface area contributed by atoms with Crippen molar-refractivity contribution in [2.24, 2.45) is 0 Å². The Balaban J connectivity index is 1.46. The van der Waals surface area contributed by atoms with Crippen LogP contribution in [0.2, 0.25) is 0 Å². The summed E-state index contributed by atoms with van der Waals surface area (Å²) in [6.45, 7) is 2.97. The first-order chi connectivity index (χ1) is 12.2. The summed E-state index contributed by atoms with van der Waals surface area (Å²) in [7, 11) is 0. The minimum absolute atomic E-state index is 0.0961. The number of H-pyrrole nitrogens is 1. The van der Waals surface area contributed by atoms with E-state index in [-0.39, 0.29) is 12.3 Å². The van der Waals surface area contributed by atoms with Crippen LogP contribution >= 0.6 is 0 Å². The zero-order valence-electron chi connectivity index (χ0n) is 13.7. The molecule has 130 valence electrons. The molecule has 2 aromatic heterocycles. The average Bonchev–Trinajstić information content (AvgIpc) is 3.30. The number of carbonyl (C=O) groups excluding carboxylic acids is 1. The van der Waals surface area contributed by atoms with Gasteiger partial charge in [-0.2, -0.15) is 10.1 Å². The number of ether oxygens (including phenoxy) is 1. The standard InChI is InChI=1S/C16H18N6O3/c1-2-24-12-5-3-4-11(8-12)9-17-13(23)6-7-14-20-16(22-25-14)15-18-10-19-21-15/h3-5,8,10H,2,6-7,9H2,1H3,(H,17,23)(H,18,19,21). The van der Waals surface area contributed by atoms with E-state index in [1.54, 1.807) is 0 Å². The molecule has 0 saturated heterocycles. The molecular weight excluding hydrogens is 324 g/mol. The van der Waals surface area contributed by atoms with Gasteiger partial charge in [0.05, 0.1) is 6.61 Å². The Morgan fingerprint density at radius 3 is 3.12 bits per heavy atom. The highest BCUT2D eigenvalue weighted by molar-refractivity contribution is 5.76. The average molecular weight is 342 g/mol. The molecule has 1 amide bonds. The highest BCUT2D eigenvalue weighted by atomic mass is 16.5. The first-order valence-corrected chi connectivity index (χ1v) is 7.91. The lowest BCUT2D eigenvalue weighted by Crippen LogP contribution is -2.23. The van der Waals surface area contributed by atoms with Gasteiger partial charge in [0.1, 0.15) is 12.1 Å². The van der Waals surface area contributed by atoms with Gasteiger partial charge in [0, 0.05) is 19.4 Å². The zero-order chi connectivity index (χ0) is 17.5. The maximum atomic E-state index is 12.0. The third-order valence-electron chi connectivity index (χ3n) is 3.36. The fourth-order valence-electron chi connectivity index (χ4n) is 2.19. The number of aromatic amines is 1. The summed E-state index contributed by atoms with van der Waals surface area (Å²) in [4.78, 5) is 20.1. The van der Waals surface area contributed by atoms with Gasteiger partial charge in [-0.05, 0) is 24.6 Å². The van der Waals surface area contributed by atoms with Crippen molar-refractivity contribution in [3.8, 4) is 17.4 Å². The first-order valence-electron chi connectivity index (χ1n) is 7.91. The Bertz CT molecular complexity index is 815. The summed E-state index contributed by atoms with van der Waals surface area (Å²) in [5.41, 5.74) is 0.977. The summed E-state index contributed by atoms with van der Waals surface area (Å²) in [5.74, 6) is 1.82. The van der Waals surface area contributed by atoms with E-state index in [2.05, 4.69) is 30.6 Å². The quantitative estimate of drug-likeness (QED) is 0.636. The van der Waals surface area contributed by atoms with Gasteiger partial charge in [-0.3, -0.25) is 9.89 Å². The van der Waals surface area contributed by atoms with Crippen molar-refractivity contribution < 1.29 is 14.1 Å². The van der Waals surface area contributed by atoms with E-state index < -0.39 is 0 Å². The number of benzene rings is 1. The van der Waals surface area contributed by atoms with Crippen molar-refractivity contribution >= 4 is 5.91 Å². The number of amides is 1. The van der Waals surface area contributed by atoms with E-state index in [0.29, 0.717) is 37.1 Å². The normalized spacial score (nSPS) is 10.6. The number of hydrogen-bond donors (Lipinski definition) is 2. The number of rotatable bonds is 8. The minimum atomic E-state index is -0.0961. The molecule has 0 unspecified atom stereocenters. The number of nitrogens with zero attached hydrogens (tertiary/aromatic N) is 4. The van der Waals surface area contributed by atoms with Crippen LogP contribution in [-0.2, 0) is 17.8 Å². The molecule has 3 rings (SSSR count). The molecule has 0 saturated carbocycles. The van der Waals surface area contributed by atoms with Gasteiger partial charge in [-0.15, -0.1) is 0 Å². The van der Waals surface area contributed by atoms with Crippen molar-refractivity contribution in [3.05, 3.63) is 42.0 Å². The van der Waals surface area contributed by atoms with Crippen molar-refractivity contribution in [1.82, 2.24) is 30.6 Å². The minimum Gasteiger partial charge on any atom is -0.494 e. The molecule has 9 nitrogen and oxygen atoms in total. The van der Waals surface area contributed by atoms with Gasteiger partial charge in [0.2, 0.25) is 17.6 Å². The Morgan fingerprint density at radius 1 is 1.40 bits per heavy atom. The number of carbonyl (C=O) groups is 1. The van der Waals surface area contributed by atoms with Gasteiger partial charge < -0.3 is 14.6 Å². The van der Waals surface area contributed by atoms with Crippen LogP contribution in [0.15, 0.2) is 35.1 Å². The third-order valence-corrected chi connectivity index (χ3v) is 3.36. The summed E-state index contributed by atoms with van der Waals surface area (Å²) < 4.78 is 10.5. The molecule has 1 aromatic carbocycles. The fraction of sp³-hybridized carbons (Fsp3) is 0.312. The van der Waals surface area contributed by atoms with E-state index in [4.69, 9.17) is 9.26 Å². The Kier molecular flexibility index (Phi) is 5.35. The van der Waals surface area contributed by atoms with E-state index >= 15 is 0 Å². The first kappa shape index (κ1) is 16.6. The van der Waals surface area contributed by atoms with Gasteiger partial charge >= 0.3 is 0 Å². The monoisotopic (exact) mass is 342 g/mol. The lowest BCUT2D eigenvalue weighted by Gasteiger charge is -2.07. The Labute approximate surface area is 143 Å². The van der Waals surface area contributed by atoms with Crippen LogP contribution in [0.25, 0.3) is 11.6 Å². The molecule has 9 heteroatoms. The van der Waals surface area contributed by atoms with Crippen LogP contribution in [0.3, 0.4) is 0 Å². The van der Waals surface area contributed by atoms with Crippen LogP contribution < -0.4 is 10.1 Å². The number of aromatic nitrogens is 5. The van der Waals surface area contributed by atoms with Crippen LogP contribution in [0.5, 0.6) is 5.75 Å². The van der Waals surface area contributed by atoms with E-state index in [1.807, 2.05) is 31.2 Å². The maximum absolute atomic E-state index is 12.0. The molecule has 0 radical (unpaired) electrons. The van der Waals surface area contributed by atoms with Crippen LogP contribution in [0.4, 0.5) is 0 Å². The molecule has 0 spiro atoms. The summed E-state index contributed by atoms with van der Waals surface area (Å²) in [5, 5.41) is 13.0. The Morgan fingerprint density at radius 2 is 2.32 bits per heavy atom. The van der Waals surface area contributed by atoms with Crippen molar-refractivity contribution in [1.29, 1.82) is 0 Å². The third kappa shape index (κ3) is 4.63. The molecule has 3 aromatic rings. The van der Waals surface area contributed by atoms with Crippen LogP contribution in [-0.4, -0.2) is 37.8 Å². The number of hydrogen-bond acceptors (Lipinski definition) is 7. The van der Waals surface area contributed by atoms with E-state index in [0.717, 1.165) is 11.3 Å². The number of nitrogens with one attached hydrogen (secondary N) is 2. The Hall–Kier alpha value is -3.23. The van der Waals surface area contributed by atoms with Crippen molar-refractivity contribution in [2.45, 2.75) is 26.3 Å². The smallest absolute Gasteiger partial charge is 0.239 e. The fourth-order valence-corrected chi connectivity index (χ4v) is 2.19. The molecule has 2 heterocycles. The highest BCUT2D eigenvalue weighted by Crippen LogP contribution is 2.13. The van der Waals surface area contributed by atoms with E-state index in [9.17, 15) is 4.79 Å². The van der Waals surface area contributed by atoms with Crippen LogP contribution in [0.1, 0.15) is 24.8 Å². The zero-order valence-corrected chi connectivity index (χ0v) is 13.7. The molecule has 0 atom stereocenters. The summed E-state index contributed by atoms with van der Waals surface area (Å²) in [6, 6.07) is 7.63. The molecular formula is C16H18N6O3.